The average molecular weight is 389 g/mol. The third kappa shape index (κ3) is 5.04. The van der Waals surface area contributed by atoms with Gasteiger partial charge in [0.1, 0.15) is 0 Å². The highest BCUT2D eigenvalue weighted by atomic mass is 35.5. The van der Waals surface area contributed by atoms with Crippen molar-refractivity contribution in [1.29, 1.82) is 0 Å². The van der Waals surface area contributed by atoms with Crippen LogP contribution in [0.15, 0.2) is 29.1 Å². The molecule has 2 aromatic rings. The van der Waals surface area contributed by atoms with Crippen molar-refractivity contribution in [3.63, 3.8) is 0 Å². The molecule has 0 radical (unpaired) electrons. The van der Waals surface area contributed by atoms with E-state index in [1.54, 1.807) is 0 Å². The summed E-state index contributed by atoms with van der Waals surface area (Å²) in [5.74, 6) is 0.700. The minimum absolute atomic E-state index is 0.0223. The number of H-pyrrole nitrogens is 1. The molecule has 3 rings (SSSR count). The largest absolute Gasteiger partial charge is 0.368 e. The second kappa shape index (κ2) is 9.27. The quantitative estimate of drug-likeness (QED) is 0.723. The summed E-state index contributed by atoms with van der Waals surface area (Å²) >= 11 is 5.97. The van der Waals surface area contributed by atoms with Crippen LogP contribution in [0.1, 0.15) is 43.9 Å². The highest BCUT2D eigenvalue weighted by molar-refractivity contribution is 6.30. The Balaban J connectivity index is 1.62. The molecule has 1 aliphatic heterocycles. The van der Waals surface area contributed by atoms with Crippen LogP contribution in [0, 0.1) is 6.92 Å². The van der Waals surface area contributed by atoms with Crippen molar-refractivity contribution in [2.24, 2.45) is 0 Å². The monoisotopic (exact) mass is 388 g/mol. The summed E-state index contributed by atoms with van der Waals surface area (Å²) in [5, 5.41) is 0.754. The Bertz CT molecular complexity index is 795. The Morgan fingerprint density at radius 2 is 1.70 bits per heavy atom. The minimum Gasteiger partial charge on any atom is -0.368 e. The van der Waals surface area contributed by atoms with E-state index in [0.717, 1.165) is 55.3 Å². The smallest absolute Gasteiger partial charge is 0.255 e. The molecular formula is C21H29ClN4O. The number of anilines is 2. The van der Waals surface area contributed by atoms with Crippen molar-refractivity contribution in [3.8, 4) is 0 Å². The van der Waals surface area contributed by atoms with Crippen LogP contribution < -0.4 is 15.4 Å². The zero-order valence-corrected chi connectivity index (χ0v) is 17.1. The summed E-state index contributed by atoms with van der Waals surface area (Å²) in [6.45, 7) is 7.60. The molecule has 0 amide bonds. The first kappa shape index (κ1) is 19.7. The third-order valence-electron chi connectivity index (χ3n) is 5.26. The van der Waals surface area contributed by atoms with Crippen LogP contribution in [-0.4, -0.2) is 36.1 Å². The van der Waals surface area contributed by atoms with E-state index in [0.29, 0.717) is 5.95 Å². The highest BCUT2D eigenvalue weighted by Gasteiger charge is 2.20. The topological polar surface area (TPSA) is 52.2 Å². The number of aryl methyl sites for hydroxylation is 1. The van der Waals surface area contributed by atoms with Gasteiger partial charge in [0, 0.05) is 48.1 Å². The molecule has 1 aliphatic rings. The van der Waals surface area contributed by atoms with Crippen LogP contribution in [0.2, 0.25) is 5.02 Å². The standard InChI is InChI=1S/C21H29ClN4O/c1-3-4-5-6-7-19-16(2)23-21(24-20(19)27)26-14-12-25(13-15-26)18-10-8-17(22)9-11-18/h8-11H,3-7,12-15H2,1-2H3,(H,23,24,27). The third-order valence-corrected chi connectivity index (χ3v) is 5.51. The van der Waals surface area contributed by atoms with Crippen LogP contribution in [-0.2, 0) is 6.42 Å². The molecule has 5 nitrogen and oxygen atoms in total. The summed E-state index contributed by atoms with van der Waals surface area (Å²) in [6.07, 6.45) is 5.47. The number of nitrogens with one attached hydrogen (secondary N) is 1. The SMILES string of the molecule is CCCCCCc1c(C)nc(N2CCN(c3ccc(Cl)cc3)CC2)[nH]c1=O. The fourth-order valence-electron chi connectivity index (χ4n) is 3.60. The molecule has 1 fully saturated rings. The summed E-state index contributed by atoms with van der Waals surface area (Å²) in [7, 11) is 0. The fourth-order valence-corrected chi connectivity index (χ4v) is 3.72. The number of benzene rings is 1. The summed E-state index contributed by atoms with van der Waals surface area (Å²) in [5.41, 5.74) is 2.91. The molecule has 146 valence electrons. The first-order valence-electron chi connectivity index (χ1n) is 9.93. The van der Waals surface area contributed by atoms with Crippen molar-refractivity contribution in [1.82, 2.24) is 9.97 Å². The van der Waals surface area contributed by atoms with E-state index in [4.69, 9.17) is 16.6 Å². The number of halogens is 1. The van der Waals surface area contributed by atoms with E-state index in [-0.39, 0.29) is 5.56 Å². The molecular weight excluding hydrogens is 360 g/mol. The summed E-state index contributed by atoms with van der Waals surface area (Å²) in [4.78, 5) is 24.8. The minimum atomic E-state index is 0.0223. The lowest BCUT2D eigenvalue weighted by atomic mass is 10.1. The number of unbranched alkanes of at least 4 members (excludes halogenated alkanes) is 3. The molecule has 0 spiro atoms. The van der Waals surface area contributed by atoms with Gasteiger partial charge in [-0.3, -0.25) is 9.78 Å². The van der Waals surface area contributed by atoms with Crippen molar-refractivity contribution in [3.05, 3.63) is 50.9 Å². The molecule has 27 heavy (non-hydrogen) atoms. The molecule has 0 saturated carbocycles. The number of hydrogen-bond acceptors (Lipinski definition) is 4. The van der Waals surface area contributed by atoms with Gasteiger partial charge in [0.05, 0.1) is 0 Å². The van der Waals surface area contributed by atoms with E-state index in [2.05, 4.69) is 33.8 Å². The Morgan fingerprint density at radius 1 is 1.04 bits per heavy atom. The first-order valence-corrected chi connectivity index (χ1v) is 10.3. The molecule has 1 aromatic carbocycles. The predicted molar refractivity (Wildman–Crippen MR) is 113 cm³/mol. The van der Waals surface area contributed by atoms with Gasteiger partial charge in [-0.15, -0.1) is 0 Å². The van der Waals surface area contributed by atoms with E-state index in [1.807, 2.05) is 19.1 Å². The van der Waals surface area contributed by atoms with E-state index >= 15 is 0 Å². The van der Waals surface area contributed by atoms with Gasteiger partial charge < -0.3 is 9.80 Å². The number of aromatic nitrogens is 2. The van der Waals surface area contributed by atoms with Crippen LogP contribution in [0.4, 0.5) is 11.6 Å². The Kier molecular flexibility index (Phi) is 6.78. The fraction of sp³-hybridized carbons (Fsp3) is 0.524. The van der Waals surface area contributed by atoms with Crippen molar-refractivity contribution in [2.75, 3.05) is 36.0 Å². The van der Waals surface area contributed by atoms with Gasteiger partial charge in [-0.1, -0.05) is 37.8 Å². The summed E-state index contributed by atoms with van der Waals surface area (Å²) < 4.78 is 0. The lowest BCUT2D eigenvalue weighted by molar-refractivity contribution is 0.633. The van der Waals surface area contributed by atoms with Gasteiger partial charge >= 0.3 is 0 Å². The van der Waals surface area contributed by atoms with Crippen LogP contribution in [0.3, 0.4) is 0 Å². The van der Waals surface area contributed by atoms with E-state index < -0.39 is 0 Å². The molecule has 0 bridgehead atoms. The van der Waals surface area contributed by atoms with E-state index in [1.165, 1.54) is 24.9 Å². The van der Waals surface area contributed by atoms with Gasteiger partial charge in [0.15, 0.2) is 0 Å². The number of piperazine rings is 1. The van der Waals surface area contributed by atoms with Gasteiger partial charge in [-0.2, -0.15) is 0 Å². The van der Waals surface area contributed by atoms with Crippen LogP contribution in [0.5, 0.6) is 0 Å². The lowest BCUT2D eigenvalue weighted by Crippen LogP contribution is -2.47. The molecule has 6 heteroatoms. The van der Waals surface area contributed by atoms with Crippen LogP contribution >= 0.6 is 11.6 Å². The molecule has 1 N–H and O–H groups in total. The predicted octanol–water partition coefficient (Wildman–Crippen LogP) is 4.18. The molecule has 0 aliphatic carbocycles. The van der Waals surface area contributed by atoms with Gasteiger partial charge in [0.25, 0.3) is 5.56 Å². The maximum Gasteiger partial charge on any atom is 0.255 e. The Hall–Kier alpha value is -2.01. The van der Waals surface area contributed by atoms with E-state index in [9.17, 15) is 4.79 Å². The lowest BCUT2D eigenvalue weighted by Gasteiger charge is -2.36. The number of aromatic amines is 1. The summed E-state index contributed by atoms with van der Waals surface area (Å²) in [6, 6.07) is 7.95. The van der Waals surface area contributed by atoms with Gasteiger partial charge in [-0.25, -0.2) is 4.98 Å². The zero-order chi connectivity index (χ0) is 19.2. The second-order valence-electron chi connectivity index (χ2n) is 7.21. The number of hydrogen-bond donors (Lipinski definition) is 1. The van der Waals surface area contributed by atoms with Gasteiger partial charge in [0.2, 0.25) is 5.95 Å². The van der Waals surface area contributed by atoms with Crippen molar-refractivity contribution in [2.45, 2.75) is 46.0 Å². The maximum absolute atomic E-state index is 12.5. The molecule has 0 atom stereocenters. The maximum atomic E-state index is 12.5. The molecule has 0 unspecified atom stereocenters. The van der Waals surface area contributed by atoms with Crippen molar-refractivity contribution >= 4 is 23.2 Å². The average Bonchev–Trinajstić information content (AvgIpc) is 2.67. The molecule has 1 aromatic heterocycles. The molecule has 2 heterocycles. The van der Waals surface area contributed by atoms with Gasteiger partial charge in [-0.05, 0) is 44.0 Å². The van der Waals surface area contributed by atoms with Crippen molar-refractivity contribution < 1.29 is 0 Å². The second-order valence-corrected chi connectivity index (χ2v) is 7.65. The highest BCUT2D eigenvalue weighted by Crippen LogP contribution is 2.21. The zero-order valence-electron chi connectivity index (χ0n) is 16.3. The molecule has 1 saturated heterocycles. The first-order chi connectivity index (χ1) is 13.1. The normalized spacial score (nSPS) is 14.6. The van der Waals surface area contributed by atoms with Crippen LogP contribution in [0.25, 0.3) is 0 Å². The Morgan fingerprint density at radius 3 is 2.33 bits per heavy atom. The number of nitrogens with zero attached hydrogens (tertiary/aromatic N) is 3. The number of rotatable bonds is 7. The Labute approximate surface area is 166 Å².